The number of rotatable bonds is 10. The molecule has 0 aliphatic rings. The molecule has 2 aromatic carbocycles. The van der Waals surface area contributed by atoms with Crippen LogP contribution < -0.4 is 10.6 Å². The highest BCUT2D eigenvalue weighted by atomic mass is 16.5. The third kappa shape index (κ3) is 6.40. The van der Waals surface area contributed by atoms with Crippen LogP contribution in [0.15, 0.2) is 66.7 Å². The molecule has 0 saturated carbocycles. The fourth-order valence-electron chi connectivity index (χ4n) is 2.88. The Bertz CT molecular complexity index is 901. The number of nitrogens with one attached hydrogen (secondary N) is 2. The molecule has 0 atom stereocenters. The second-order valence-electron chi connectivity index (χ2n) is 6.59. The van der Waals surface area contributed by atoms with Crippen molar-refractivity contribution in [3.05, 3.63) is 78.0 Å². The van der Waals surface area contributed by atoms with E-state index in [-0.39, 0.29) is 5.91 Å². The molecule has 0 aliphatic carbocycles. The minimum absolute atomic E-state index is 0.242. The Labute approximate surface area is 171 Å². The summed E-state index contributed by atoms with van der Waals surface area (Å²) in [6.07, 6.45) is 1.94. The fourth-order valence-corrected chi connectivity index (χ4v) is 2.88. The average Bonchev–Trinajstić information content (AvgIpc) is 2.78. The van der Waals surface area contributed by atoms with Crippen molar-refractivity contribution >= 4 is 11.7 Å². The Kier molecular flexibility index (Phi) is 7.72. The highest BCUT2D eigenvalue weighted by Crippen LogP contribution is 2.18. The van der Waals surface area contributed by atoms with Gasteiger partial charge in [0, 0.05) is 31.8 Å². The first-order valence-corrected chi connectivity index (χ1v) is 9.75. The zero-order chi connectivity index (χ0) is 20.3. The summed E-state index contributed by atoms with van der Waals surface area (Å²) in [5, 5.41) is 6.14. The van der Waals surface area contributed by atoms with Crippen molar-refractivity contribution in [2.75, 3.05) is 32.1 Å². The molecule has 0 aliphatic heterocycles. The van der Waals surface area contributed by atoms with Crippen LogP contribution in [0.3, 0.4) is 0 Å². The first-order chi connectivity index (χ1) is 14.3. The molecule has 0 unspecified atom stereocenters. The standard InChI is InChI=1S/C23H26N4O2/c1-29-16-15-25-23(28)20-17-21(24-14-8-11-18-9-4-2-5-10-18)27-22(26-20)19-12-6-3-7-13-19/h2-7,9-10,12-13,17H,8,11,14-16H2,1H3,(H,25,28)(H,24,26,27). The van der Waals surface area contributed by atoms with Crippen LogP contribution in [-0.4, -0.2) is 42.7 Å². The molecule has 1 aromatic heterocycles. The van der Waals surface area contributed by atoms with E-state index in [4.69, 9.17) is 4.74 Å². The summed E-state index contributed by atoms with van der Waals surface area (Å²) >= 11 is 0. The van der Waals surface area contributed by atoms with Crippen LogP contribution in [0, 0.1) is 0 Å². The van der Waals surface area contributed by atoms with Gasteiger partial charge in [-0.05, 0) is 18.4 Å². The van der Waals surface area contributed by atoms with Crippen LogP contribution in [0.1, 0.15) is 22.5 Å². The van der Waals surface area contributed by atoms with Gasteiger partial charge in [0.15, 0.2) is 5.82 Å². The Balaban J connectivity index is 1.70. The summed E-state index contributed by atoms with van der Waals surface area (Å²) in [6, 6.07) is 21.7. The molecule has 0 saturated heterocycles. The van der Waals surface area contributed by atoms with Gasteiger partial charge < -0.3 is 15.4 Å². The predicted molar refractivity (Wildman–Crippen MR) is 115 cm³/mol. The zero-order valence-electron chi connectivity index (χ0n) is 16.6. The maximum atomic E-state index is 12.5. The predicted octanol–water partition coefficient (Wildman–Crippen LogP) is 3.56. The van der Waals surface area contributed by atoms with Gasteiger partial charge in [-0.25, -0.2) is 9.97 Å². The Morgan fingerprint density at radius 2 is 1.69 bits per heavy atom. The number of carbonyl (C=O) groups excluding carboxylic acids is 1. The molecular formula is C23H26N4O2. The number of hydrogen-bond acceptors (Lipinski definition) is 5. The van der Waals surface area contributed by atoms with Crippen LogP contribution in [-0.2, 0) is 11.2 Å². The number of aryl methyl sites for hydroxylation is 1. The summed E-state index contributed by atoms with van der Waals surface area (Å²) in [6.45, 7) is 1.64. The van der Waals surface area contributed by atoms with E-state index in [1.54, 1.807) is 13.2 Å². The lowest BCUT2D eigenvalue weighted by atomic mass is 10.1. The van der Waals surface area contributed by atoms with Crippen molar-refractivity contribution in [3.8, 4) is 11.4 Å². The van der Waals surface area contributed by atoms with E-state index in [9.17, 15) is 4.79 Å². The van der Waals surface area contributed by atoms with Gasteiger partial charge in [0.2, 0.25) is 0 Å². The van der Waals surface area contributed by atoms with E-state index in [0.717, 1.165) is 24.9 Å². The first kappa shape index (κ1) is 20.5. The number of methoxy groups -OCH3 is 1. The van der Waals surface area contributed by atoms with E-state index >= 15 is 0 Å². The van der Waals surface area contributed by atoms with Gasteiger partial charge in [-0.1, -0.05) is 60.7 Å². The first-order valence-electron chi connectivity index (χ1n) is 9.75. The lowest BCUT2D eigenvalue weighted by Crippen LogP contribution is -2.28. The van der Waals surface area contributed by atoms with Gasteiger partial charge in [-0.15, -0.1) is 0 Å². The molecule has 6 heteroatoms. The number of carbonyl (C=O) groups is 1. The number of ether oxygens (including phenoxy) is 1. The summed E-state index contributed by atoms with van der Waals surface area (Å²) in [4.78, 5) is 21.5. The molecule has 0 radical (unpaired) electrons. The van der Waals surface area contributed by atoms with Crippen molar-refractivity contribution in [3.63, 3.8) is 0 Å². The van der Waals surface area contributed by atoms with E-state index in [1.807, 2.05) is 48.5 Å². The molecule has 2 N–H and O–H groups in total. The van der Waals surface area contributed by atoms with Crippen LogP contribution in [0.2, 0.25) is 0 Å². The summed E-state index contributed by atoms with van der Waals surface area (Å²) in [7, 11) is 1.60. The quantitative estimate of drug-likeness (QED) is 0.518. The fraction of sp³-hybridized carbons (Fsp3) is 0.261. The monoisotopic (exact) mass is 390 g/mol. The minimum atomic E-state index is -0.242. The zero-order valence-corrected chi connectivity index (χ0v) is 16.6. The summed E-state index contributed by atoms with van der Waals surface area (Å²) < 4.78 is 4.99. The Hall–Kier alpha value is -3.25. The van der Waals surface area contributed by atoms with Crippen molar-refractivity contribution < 1.29 is 9.53 Å². The number of aromatic nitrogens is 2. The molecular weight excluding hydrogens is 364 g/mol. The molecule has 150 valence electrons. The number of hydrogen-bond donors (Lipinski definition) is 2. The van der Waals surface area contributed by atoms with E-state index in [0.29, 0.717) is 30.5 Å². The molecule has 3 rings (SSSR count). The van der Waals surface area contributed by atoms with Gasteiger partial charge >= 0.3 is 0 Å². The largest absolute Gasteiger partial charge is 0.383 e. The number of benzene rings is 2. The average molecular weight is 390 g/mol. The van der Waals surface area contributed by atoms with Gasteiger partial charge in [0.25, 0.3) is 5.91 Å². The lowest BCUT2D eigenvalue weighted by molar-refractivity contribution is 0.0932. The van der Waals surface area contributed by atoms with Crippen LogP contribution >= 0.6 is 0 Å². The van der Waals surface area contributed by atoms with Gasteiger partial charge in [0.05, 0.1) is 6.61 Å². The van der Waals surface area contributed by atoms with E-state index < -0.39 is 0 Å². The highest BCUT2D eigenvalue weighted by molar-refractivity contribution is 5.93. The molecule has 0 spiro atoms. The third-order valence-corrected chi connectivity index (χ3v) is 4.37. The molecule has 1 amide bonds. The van der Waals surface area contributed by atoms with E-state index in [1.165, 1.54) is 5.56 Å². The Morgan fingerprint density at radius 3 is 2.41 bits per heavy atom. The molecule has 29 heavy (non-hydrogen) atoms. The normalized spacial score (nSPS) is 10.5. The van der Waals surface area contributed by atoms with Crippen LogP contribution in [0.4, 0.5) is 5.82 Å². The molecule has 3 aromatic rings. The number of anilines is 1. The number of nitrogens with zero attached hydrogens (tertiary/aromatic N) is 2. The second kappa shape index (κ2) is 10.9. The lowest BCUT2D eigenvalue weighted by Gasteiger charge is -2.11. The summed E-state index contributed by atoms with van der Waals surface area (Å²) in [5.41, 5.74) is 2.51. The van der Waals surface area contributed by atoms with Crippen molar-refractivity contribution in [1.29, 1.82) is 0 Å². The van der Waals surface area contributed by atoms with Gasteiger partial charge in [-0.3, -0.25) is 4.79 Å². The summed E-state index contributed by atoms with van der Waals surface area (Å²) in [5.74, 6) is 0.924. The topological polar surface area (TPSA) is 76.1 Å². The number of amides is 1. The van der Waals surface area contributed by atoms with Crippen molar-refractivity contribution in [2.45, 2.75) is 12.8 Å². The molecule has 0 fully saturated rings. The van der Waals surface area contributed by atoms with Gasteiger partial charge in [0.1, 0.15) is 11.5 Å². The molecule has 1 heterocycles. The van der Waals surface area contributed by atoms with Crippen LogP contribution in [0.5, 0.6) is 0 Å². The smallest absolute Gasteiger partial charge is 0.270 e. The van der Waals surface area contributed by atoms with Crippen molar-refractivity contribution in [1.82, 2.24) is 15.3 Å². The second-order valence-corrected chi connectivity index (χ2v) is 6.59. The SMILES string of the molecule is COCCNC(=O)c1cc(NCCCc2ccccc2)nc(-c2ccccc2)n1. The van der Waals surface area contributed by atoms with Crippen molar-refractivity contribution in [2.24, 2.45) is 0 Å². The van der Waals surface area contributed by atoms with Gasteiger partial charge in [-0.2, -0.15) is 0 Å². The van der Waals surface area contributed by atoms with E-state index in [2.05, 4.69) is 32.7 Å². The highest BCUT2D eigenvalue weighted by Gasteiger charge is 2.12. The maximum absolute atomic E-state index is 12.5. The molecule has 6 nitrogen and oxygen atoms in total. The third-order valence-electron chi connectivity index (χ3n) is 4.37. The molecule has 0 bridgehead atoms. The maximum Gasteiger partial charge on any atom is 0.270 e. The minimum Gasteiger partial charge on any atom is -0.383 e. The Morgan fingerprint density at radius 1 is 0.966 bits per heavy atom. The van der Waals surface area contributed by atoms with Crippen LogP contribution in [0.25, 0.3) is 11.4 Å².